The second kappa shape index (κ2) is 6.02. The van der Waals surface area contributed by atoms with Crippen LogP contribution in [0.3, 0.4) is 0 Å². The van der Waals surface area contributed by atoms with Crippen LogP contribution >= 0.6 is 0 Å². The molecule has 0 unspecified atom stereocenters. The zero-order chi connectivity index (χ0) is 17.5. The lowest BCUT2D eigenvalue weighted by atomic mass is 9.98. The molecule has 1 aliphatic heterocycles. The van der Waals surface area contributed by atoms with Crippen LogP contribution in [0, 0.1) is 0 Å². The number of likely N-dealkylation sites (tertiary alicyclic amines) is 1. The Balaban J connectivity index is 1.33. The summed E-state index contributed by atoms with van der Waals surface area (Å²) in [7, 11) is 0. The van der Waals surface area contributed by atoms with Crippen molar-refractivity contribution >= 4 is 27.8 Å². The molecule has 0 bridgehead atoms. The van der Waals surface area contributed by atoms with Crippen molar-refractivity contribution in [3.63, 3.8) is 0 Å². The average Bonchev–Trinajstić information content (AvgIpc) is 3.40. The highest BCUT2D eigenvalue weighted by Crippen LogP contribution is 2.32. The van der Waals surface area contributed by atoms with Gasteiger partial charge in [-0.05, 0) is 36.2 Å². The van der Waals surface area contributed by atoms with Crippen molar-refractivity contribution in [2.24, 2.45) is 0 Å². The van der Waals surface area contributed by atoms with Crippen molar-refractivity contribution < 1.29 is 4.79 Å². The van der Waals surface area contributed by atoms with E-state index in [9.17, 15) is 4.79 Å². The lowest BCUT2D eigenvalue weighted by Gasteiger charge is -2.17. The monoisotopic (exact) mass is 344 g/mol. The fourth-order valence-electron chi connectivity index (χ4n) is 4.07. The number of hydrogen-bond donors (Lipinski definition) is 1. The molecule has 1 fully saturated rings. The van der Waals surface area contributed by atoms with Crippen molar-refractivity contribution in [1.29, 1.82) is 0 Å². The third kappa shape index (κ3) is 2.47. The first kappa shape index (κ1) is 15.2. The number of hydrogen-bond acceptors (Lipinski definition) is 2. The molecule has 1 atom stereocenters. The Bertz CT molecular complexity index is 1090. The highest BCUT2D eigenvalue weighted by atomic mass is 16.2. The number of pyridine rings is 1. The molecular formula is C21H20N4O. The Morgan fingerprint density at radius 1 is 1.19 bits per heavy atom. The fraction of sp³-hybridized carbons (Fsp3) is 0.238. The smallest absolute Gasteiger partial charge is 0.242 e. The molecular weight excluding hydrogens is 324 g/mol. The van der Waals surface area contributed by atoms with Crippen LogP contribution in [-0.2, 0) is 11.3 Å². The van der Waals surface area contributed by atoms with E-state index in [0.717, 1.165) is 36.1 Å². The molecule has 1 amide bonds. The molecule has 130 valence electrons. The highest BCUT2D eigenvalue weighted by molar-refractivity contribution is 5.84. The predicted molar refractivity (Wildman–Crippen MR) is 102 cm³/mol. The van der Waals surface area contributed by atoms with Crippen molar-refractivity contribution in [2.75, 3.05) is 13.1 Å². The van der Waals surface area contributed by atoms with Gasteiger partial charge in [-0.15, -0.1) is 0 Å². The normalized spacial score (nSPS) is 17.4. The Morgan fingerprint density at radius 3 is 3.08 bits per heavy atom. The van der Waals surface area contributed by atoms with E-state index in [1.54, 1.807) is 6.20 Å². The van der Waals surface area contributed by atoms with Gasteiger partial charge in [0.1, 0.15) is 12.2 Å². The number of benzene rings is 1. The number of amides is 1. The lowest BCUT2D eigenvalue weighted by Crippen LogP contribution is -2.31. The minimum atomic E-state index is 0.162. The largest absolute Gasteiger partial charge is 0.361 e. The van der Waals surface area contributed by atoms with Crippen LogP contribution in [-0.4, -0.2) is 38.4 Å². The second-order valence-electron chi connectivity index (χ2n) is 6.97. The first-order valence-electron chi connectivity index (χ1n) is 9.03. The molecule has 3 aromatic heterocycles. The summed E-state index contributed by atoms with van der Waals surface area (Å²) >= 11 is 0. The Hall–Kier alpha value is -3.08. The maximum atomic E-state index is 12.8. The van der Waals surface area contributed by atoms with Gasteiger partial charge in [0, 0.05) is 53.9 Å². The van der Waals surface area contributed by atoms with Gasteiger partial charge < -0.3 is 14.5 Å². The van der Waals surface area contributed by atoms with E-state index in [4.69, 9.17) is 0 Å². The standard InChI is InChI=1S/C21H20N4O/c26-20(14-25-11-7-15-4-3-9-22-21(15)25)24-10-8-16(13-24)18-12-23-19-6-2-1-5-17(18)19/h1-7,9,11-12,16,23H,8,10,13-14H2/t16-/m0/s1. The molecule has 5 nitrogen and oxygen atoms in total. The number of aromatic nitrogens is 3. The molecule has 4 aromatic rings. The maximum Gasteiger partial charge on any atom is 0.242 e. The summed E-state index contributed by atoms with van der Waals surface area (Å²) < 4.78 is 1.94. The van der Waals surface area contributed by atoms with E-state index < -0.39 is 0 Å². The molecule has 5 rings (SSSR count). The van der Waals surface area contributed by atoms with Gasteiger partial charge >= 0.3 is 0 Å². The number of H-pyrrole nitrogens is 1. The fourth-order valence-corrected chi connectivity index (χ4v) is 4.07. The SMILES string of the molecule is O=C(Cn1ccc2cccnc21)N1CC[C@H](c2c[nH]c3ccccc23)C1. The first-order chi connectivity index (χ1) is 12.8. The molecule has 1 aliphatic rings. The minimum absolute atomic E-state index is 0.162. The van der Waals surface area contributed by atoms with Crippen LogP contribution < -0.4 is 0 Å². The summed E-state index contributed by atoms with van der Waals surface area (Å²) in [5, 5.41) is 2.34. The van der Waals surface area contributed by atoms with Crippen LogP contribution in [0.1, 0.15) is 17.9 Å². The number of para-hydroxylation sites is 1. The minimum Gasteiger partial charge on any atom is -0.361 e. The summed E-state index contributed by atoms with van der Waals surface area (Å²) in [6, 6.07) is 14.3. The third-order valence-corrected chi connectivity index (χ3v) is 5.43. The van der Waals surface area contributed by atoms with E-state index in [1.165, 1.54) is 10.9 Å². The zero-order valence-electron chi connectivity index (χ0n) is 14.4. The van der Waals surface area contributed by atoms with Gasteiger partial charge in [-0.2, -0.15) is 0 Å². The van der Waals surface area contributed by atoms with Gasteiger partial charge in [0.05, 0.1) is 0 Å². The third-order valence-electron chi connectivity index (χ3n) is 5.43. The van der Waals surface area contributed by atoms with Crippen LogP contribution in [0.15, 0.2) is 61.1 Å². The number of fused-ring (bicyclic) bond motifs is 2. The number of rotatable bonds is 3. The second-order valence-corrected chi connectivity index (χ2v) is 6.97. The van der Waals surface area contributed by atoms with Crippen molar-refractivity contribution in [3.05, 3.63) is 66.6 Å². The summed E-state index contributed by atoms with van der Waals surface area (Å²) in [6.07, 6.45) is 6.83. The van der Waals surface area contributed by atoms with Crippen molar-refractivity contribution in [2.45, 2.75) is 18.9 Å². The summed E-state index contributed by atoms with van der Waals surface area (Å²) in [5.74, 6) is 0.560. The summed E-state index contributed by atoms with van der Waals surface area (Å²) in [4.78, 5) is 22.5. The Labute approximate surface area is 151 Å². The van der Waals surface area contributed by atoms with E-state index in [0.29, 0.717) is 12.5 Å². The van der Waals surface area contributed by atoms with E-state index in [1.807, 2.05) is 39.9 Å². The number of carbonyl (C=O) groups is 1. The van der Waals surface area contributed by atoms with Gasteiger partial charge in [-0.1, -0.05) is 18.2 Å². The lowest BCUT2D eigenvalue weighted by molar-refractivity contribution is -0.130. The molecule has 5 heteroatoms. The number of nitrogens with one attached hydrogen (secondary N) is 1. The topological polar surface area (TPSA) is 53.9 Å². The Morgan fingerprint density at radius 2 is 2.12 bits per heavy atom. The molecule has 1 N–H and O–H groups in total. The number of carbonyl (C=O) groups excluding carboxylic acids is 1. The molecule has 26 heavy (non-hydrogen) atoms. The van der Waals surface area contributed by atoms with Gasteiger partial charge in [0.25, 0.3) is 0 Å². The molecule has 1 aromatic carbocycles. The van der Waals surface area contributed by atoms with Crippen LogP contribution in [0.5, 0.6) is 0 Å². The number of nitrogens with zero attached hydrogens (tertiary/aromatic N) is 3. The first-order valence-corrected chi connectivity index (χ1v) is 9.03. The highest BCUT2D eigenvalue weighted by Gasteiger charge is 2.29. The van der Waals surface area contributed by atoms with Crippen molar-refractivity contribution in [3.8, 4) is 0 Å². The molecule has 1 saturated heterocycles. The van der Waals surface area contributed by atoms with E-state index in [-0.39, 0.29) is 5.91 Å². The maximum absolute atomic E-state index is 12.8. The quantitative estimate of drug-likeness (QED) is 0.618. The van der Waals surface area contributed by atoms with Gasteiger partial charge in [0.15, 0.2) is 0 Å². The Kier molecular flexibility index (Phi) is 3.52. The van der Waals surface area contributed by atoms with Crippen molar-refractivity contribution in [1.82, 2.24) is 19.4 Å². The predicted octanol–water partition coefficient (Wildman–Crippen LogP) is 3.53. The zero-order valence-corrected chi connectivity index (χ0v) is 14.4. The van der Waals surface area contributed by atoms with Crippen LogP contribution in [0.4, 0.5) is 0 Å². The van der Waals surface area contributed by atoms with Gasteiger partial charge in [0.2, 0.25) is 5.91 Å². The molecule has 4 heterocycles. The van der Waals surface area contributed by atoms with Gasteiger partial charge in [-0.25, -0.2) is 4.98 Å². The average molecular weight is 344 g/mol. The summed E-state index contributed by atoms with van der Waals surface area (Å²) in [5.41, 5.74) is 3.36. The van der Waals surface area contributed by atoms with Crippen LogP contribution in [0.2, 0.25) is 0 Å². The molecule has 0 spiro atoms. The van der Waals surface area contributed by atoms with E-state index in [2.05, 4.69) is 34.4 Å². The molecule has 0 saturated carbocycles. The number of aromatic amines is 1. The van der Waals surface area contributed by atoms with E-state index >= 15 is 0 Å². The van der Waals surface area contributed by atoms with Crippen LogP contribution in [0.25, 0.3) is 21.9 Å². The molecule has 0 radical (unpaired) electrons. The van der Waals surface area contributed by atoms with Gasteiger partial charge in [-0.3, -0.25) is 4.79 Å². The molecule has 0 aliphatic carbocycles. The summed E-state index contributed by atoms with van der Waals surface area (Å²) in [6.45, 7) is 1.95.